The van der Waals surface area contributed by atoms with Crippen molar-refractivity contribution >= 4 is 5.91 Å². The monoisotopic (exact) mass is 330 g/mol. The van der Waals surface area contributed by atoms with E-state index in [0.29, 0.717) is 12.1 Å². The smallest absolute Gasteiger partial charge is 0.254 e. The summed E-state index contributed by atoms with van der Waals surface area (Å²) in [6.07, 6.45) is 2.40. The lowest BCUT2D eigenvalue weighted by Gasteiger charge is -2.25. The molecular weight excluding hydrogens is 304 g/mol. The van der Waals surface area contributed by atoms with Gasteiger partial charge in [-0.1, -0.05) is 19.1 Å². The van der Waals surface area contributed by atoms with Crippen LogP contribution in [0.4, 0.5) is 0 Å². The van der Waals surface area contributed by atoms with Gasteiger partial charge in [0.2, 0.25) is 0 Å². The van der Waals surface area contributed by atoms with Gasteiger partial charge in [0.15, 0.2) is 0 Å². The van der Waals surface area contributed by atoms with Crippen LogP contribution in [0.5, 0.6) is 5.75 Å². The van der Waals surface area contributed by atoms with E-state index in [-0.39, 0.29) is 11.9 Å². The van der Waals surface area contributed by atoms with Gasteiger partial charge in [-0.3, -0.25) is 9.48 Å². The molecule has 0 aliphatic rings. The van der Waals surface area contributed by atoms with Crippen molar-refractivity contribution in [1.82, 2.24) is 20.0 Å². The predicted octanol–water partition coefficient (Wildman–Crippen LogP) is 2.02. The molecule has 0 fully saturated rings. The van der Waals surface area contributed by atoms with Gasteiger partial charge in [0.1, 0.15) is 5.75 Å². The molecule has 1 heterocycles. The summed E-state index contributed by atoms with van der Waals surface area (Å²) in [6.45, 7) is 2.55. The first-order chi connectivity index (χ1) is 11.5. The number of benzene rings is 1. The van der Waals surface area contributed by atoms with E-state index in [1.807, 2.05) is 52.3 Å². The first kappa shape index (κ1) is 18.0. The van der Waals surface area contributed by atoms with Gasteiger partial charge < -0.3 is 15.0 Å². The van der Waals surface area contributed by atoms with Crippen LogP contribution in [0.2, 0.25) is 0 Å². The summed E-state index contributed by atoms with van der Waals surface area (Å²) in [4.78, 5) is 14.6. The average molecular weight is 330 g/mol. The molecule has 1 atom stereocenters. The number of nitrogens with one attached hydrogen (secondary N) is 1. The molecule has 0 spiro atoms. The summed E-state index contributed by atoms with van der Waals surface area (Å²) in [5, 5.41) is 7.21. The number of methoxy groups -OCH3 is 1. The molecule has 1 amide bonds. The Morgan fingerprint density at radius 3 is 2.54 bits per heavy atom. The quantitative estimate of drug-likeness (QED) is 0.844. The number of ether oxygens (including phenoxy) is 1. The molecule has 0 aliphatic heterocycles. The van der Waals surface area contributed by atoms with E-state index in [9.17, 15) is 4.79 Å². The number of hydrogen-bond donors (Lipinski definition) is 1. The van der Waals surface area contributed by atoms with E-state index in [1.165, 1.54) is 0 Å². The summed E-state index contributed by atoms with van der Waals surface area (Å²) >= 11 is 0. The molecule has 0 aliphatic carbocycles. The van der Waals surface area contributed by atoms with Gasteiger partial charge in [-0.15, -0.1) is 0 Å². The Balaban J connectivity index is 2.09. The Kier molecular flexibility index (Phi) is 5.98. The second-order valence-corrected chi connectivity index (χ2v) is 5.94. The van der Waals surface area contributed by atoms with E-state index >= 15 is 0 Å². The Hall–Kier alpha value is -2.34. The molecule has 0 saturated heterocycles. The topological polar surface area (TPSA) is 59.4 Å². The first-order valence-electron chi connectivity index (χ1n) is 8.07. The second kappa shape index (κ2) is 7.97. The highest BCUT2D eigenvalue weighted by Gasteiger charge is 2.18. The van der Waals surface area contributed by atoms with Crippen LogP contribution in [0.15, 0.2) is 30.5 Å². The van der Waals surface area contributed by atoms with Crippen LogP contribution in [0, 0.1) is 0 Å². The van der Waals surface area contributed by atoms with Crippen molar-refractivity contribution < 1.29 is 9.53 Å². The van der Waals surface area contributed by atoms with Crippen molar-refractivity contribution in [2.75, 3.05) is 27.7 Å². The van der Waals surface area contributed by atoms with Gasteiger partial charge in [-0.25, -0.2) is 0 Å². The van der Waals surface area contributed by atoms with Gasteiger partial charge in [0.05, 0.1) is 30.6 Å². The minimum absolute atomic E-state index is 0.0830. The number of rotatable bonds is 7. The van der Waals surface area contributed by atoms with Gasteiger partial charge in [0, 0.05) is 13.6 Å². The molecule has 6 heteroatoms. The number of carbonyl (C=O) groups is 1. The summed E-state index contributed by atoms with van der Waals surface area (Å²) in [6, 6.07) is 8.00. The van der Waals surface area contributed by atoms with Crippen LogP contribution >= 0.6 is 0 Å². The van der Waals surface area contributed by atoms with Crippen LogP contribution in [-0.2, 0) is 13.5 Å². The predicted molar refractivity (Wildman–Crippen MR) is 94.3 cm³/mol. The number of nitrogens with zero attached hydrogens (tertiary/aromatic N) is 3. The van der Waals surface area contributed by atoms with Crippen molar-refractivity contribution in [2.45, 2.75) is 19.4 Å². The number of aromatic nitrogens is 2. The zero-order chi connectivity index (χ0) is 17.7. The van der Waals surface area contributed by atoms with Crippen LogP contribution < -0.4 is 10.1 Å². The fourth-order valence-corrected chi connectivity index (χ4v) is 2.78. The summed E-state index contributed by atoms with van der Waals surface area (Å²) < 4.78 is 6.95. The highest BCUT2D eigenvalue weighted by atomic mass is 16.5. The van der Waals surface area contributed by atoms with Gasteiger partial charge in [-0.2, -0.15) is 5.10 Å². The lowest BCUT2D eigenvalue weighted by Crippen LogP contribution is -2.34. The molecular formula is C18H26N4O2. The third-order valence-corrected chi connectivity index (χ3v) is 4.22. The lowest BCUT2D eigenvalue weighted by molar-refractivity contribution is 0.0941. The van der Waals surface area contributed by atoms with E-state index in [4.69, 9.17) is 4.74 Å². The van der Waals surface area contributed by atoms with Crippen molar-refractivity contribution in [3.8, 4) is 5.75 Å². The molecule has 0 radical (unpaired) electrons. The van der Waals surface area contributed by atoms with Gasteiger partial charge >= 0.3 is 0 Å². The lowest BCUT2D eigenvalue weighted by atomic mass is 10.1. The van der Waals surface area contributed by atoms with Crippen molar-refractivity contribution in [1.29, 1.82) is 0 Å². The number of amides is 1. The normalized spacial score (nSPS) is 12.2. The van der Waals surface area contributed by atoms with Crippen LogP contribution in [-0.4, -0.2) is 48.3 Å². The third kappa shape index (κ3) is 3.94. The molecule has 1 aromatic heterocycles. The van der Waals surface area contributed by atoms with E-state index in [0.717, 1.165) is 23.4 Å². The van der Waals surface area contributed by atoms with Crippen molar-refractivity contribution in [3.05, 3.63) is 47.3 Å². The summed E-state index contributed by atoms with van der Waals surface area (Å²) in [7, 11) is 7.51. The Morgan fingerprint density at radius 1 is 1.33 bits per heavy atom. The zero-order valence-corrected chi connectivity index (χ0v) is 15.0. The van der Waals surface area contributed by atoms with Gasteiger partial charge in [-0.05, 0) is 38.2 Å². The van der Waals surface area contributed by atoms with Crippen molar-refractivity contribution in [3.63, 3.8) is 0 Å². The summed E-state index contributed by atoms with van der Waals surface area (Å²) in [5.41, 5.74) is 2.72. The molecule has 6 nitrogen and oxygen atoms in total. The number of carbonyl (C=O) groups excluding carboxylic acids is 1. The molecule has 1 N–H and O–H groups in total. The maximum atomic E-state index is 12.5. The molecule has 0 saturated carbocycles. The largest absolute Gasteiger partial charge is 0.497 e. The standard InChI is InChI=1S/C18H26N4O2/c1-6-16-15(11-20-22(16)4)18(23)19-12-17(21(2)3)13-7-9-14(24-5)10-8-13/h7-11,17H,6,12H2,1-5H3,(H,19,23)/t17-/m0/s1. The molecule has 24 heavy (non-hydrogen) atoms. The van der Waals surface area contributed by atoms with Gasteiger partial charge in [0.25, 0.3) is 5.91 Å². The molecule has 1 aromatic carbocycles. The minimum Gasteiger partial charge on any atom is -0.497 e. The molecule has 0 unspecified atom stereocenters. The number of likely N-dealkylation sites (N-methyl/N-ethyl adjacent to an activating group) is 1. The maximum Gasteiger partial charge on any atom is 0.254 e. The highest BCUT2D eigenvalue weighted by molar-refractivity contribution is 5.95. The van der Waals surface area contributed by atoms with E-state index in [1.54, 1.807) is 18.0 Å². The number of aryl methyl sites for hydroxylation is 1. The van der Waals surface area contributed by atoms with E-state index in [2.05, 4.69) is 15.3 Å². The fourth-order valence-electron chi connectivity index (χ4n) is 2.78. The third-order valence-electron chi connectivity index (χ3n) is 4.22. The molecule has 130 valence electrons. The second-order valence-electron chi connectivity index (χ2n) is 5.94. The molecule has 2 aromatic rings. The SMILES string of the molecule is CCc1c(C(=O)NC[C@@H](c2ccc(OC)cc2)N(C)C)cnn1C. The van der Waals surface area contributed by atoms with Crippen LogP contribution in [0.3, 0.4) is 0 Å². The van der Waals surface area contributed by atoms with Crippen LogP contribution in [0.1, 0.15) is 34.6 Å². The number of hydrogen-bond acceptors (Lipinski definition) is 4. The maximum absolute atomic E-state index is 12.5. The highest BCUT2D eigenvalue weighted by Crippen LogP contribution is 2.21. The minimum atomic E-state index is -0.0830. The first-order valence-corrected chi connectivity index (χ1v) is 8.07. The average Bonchev–Trinajstić information content (AvgIpc) is 2.95. The van der Waals surface area contributed by atoms with Crippen LogP contribution in [0.25, 0.3) is 0 Å². The Bertz CT molecular complexity index is 677. The van der Waals surface area contributed by atoms with E-state index < -0.39 is 0 Å². The summed E-state index contributed by atoms with van der Waals surface area (Å²) in [5.74, 6) is 0.739. The Morgan fingerprint density at radius 2 is 2.00 bits per heavy atom. The molecule has 2 rings (SSSR count). The Labute approximate surface area is 143 Å². The van der Waals surface area contributed by atoms with Crippen molar-refractivity contribution in [2.24, 2.45) is 7.05 Å². The fraction of sp³-hybridized carbons (Fsp3) is 0.444. The molecule has 0 bridgehead atoms. The zero-order valence-electron chi connectivity index (χ0n) is 15.0.